The van der Waals surface area contributed by atoms with Gasteiger partial charge in [0.2, 0.25) is 0 Å². The second-order valence-electron chi connectivity index (χ2n) is 7.02. The first kappa shape index (κ1) is 21.0. The predicted octanol–water partition coefficient (Wildman–Crippen LogP) is 4.06. The molecule has 1 aromatic heterocycles. The Bertz CT molecular complexity index is 1020. The number of methoxy groups -OCH3 is 1. The molecular formula is C24H24N2O4. The van der Waals surface area contributed by atoms with E-state index >= 15 is 0 Å². The number of carbonyl (C=O) groups is 2. The van der Waals surface area contributed by atoms with E-state index in [2.05, 4.69) is 4.98 Å². The number of aromatic nitrogens is 1. The van der Waals surface area contributed by atoms with Crippen molar-refractivity contribution in [2.24, 2.45) is 0 Å². The van der Waals surface area contributed by atoms with Gasteiger partial charge in [-0.25, -0.2) is 9.78 Å². The highest BCUT2D eigenvalue weighted by molar-refractivity contribution is 5.96. The Kier molecular flexibility index (Phi) is 6.80. The zero-order valence-electron chi connectivity index (χ0n) is 17.0. The van der Waals surface area contributed by atoms with Crippen molar-refractivity contribution >= 4 is 11.9 Å². The number of pyridine rings is 1. The summed E-state index contributed by atoms with van der Waals surface area (Å²) in [4.78, 5) is 30.2. The fraction of sp³-hybridized carbons (Fsp3) is 0.208. The molecule has 1 N–H and O–H groups in total. The van der Waals surface area contributed by atoms with E-state index in [0.29, 0.717) is 18.5 Å². The van der Waals surface area contributed by atoms with Crippen LogP contribution in [0.1, 0.15) is 38.9 Å². The Morgan fingerprint density at radius 1 is 1.07 bits per heavy atom. The zero-order valence-corrected chi connectivity index (χ0v) is 17.0. The van der Waals surface area contributed by atoms with Crippen molar-refractivity contribution in [2.75, 3.05) is 7.11 Å². The molecule has 1 heterocycles. The number of carboxylic acids is 1. The quantitative estimate of drug-likeness (QED) is 0.612. The molecular weight excluding hydrogens is 380 g/mol. The molecule has 0 aliphatic rings. The summed E-state index contributed by atoms with van der Waals surface area (Å²) in [7, 11) is 1.63. The van der Waals surface area contributed by atoms with Gasteiger partial charge in [0.25, 0.3) is 5.91 Å². The maximum atomic E-state index is 13.4. The minimum atomic E-state index is -1.17. The van der Waals surface area contributed by atoms with Crippen molar-refractivity contribution < 1.29 is 19.4 Å². The zero-order chi connectivity index (χ0) is 21.5. The Hall–Kier alpha value is -3.67. The van der Waals surface area contributed by atoms with Crippen molar-refractivity contribution in [2.45, 2.75) is 25.9 Å². The number of carbonyl (C=O) groups excluding carboxylic acids is 1. The Morgan fingerprint density at radius 3 is 2.47 bits per heavy atom. The number of carboxylic acid groups (broad SMARTS) is 1. The highest BCUT2D eigenvalue weighted by atomic mass is 16.5. The van der Waals surface area contributed by atoms with Crippen LogP contribution in [0, 0.1) is 0 Å². The molecule has 2 aromatic carbocycles. The number of hydrogen-bond donors (Lipinski definition) is 1. The van der Waals surface area contributed by atoms with E-state index in [1.807, 2.05) is 61.5 Å². The number of rotatable bonds is 8. The lowest BCUT2D eigenvalue weighted by molar-refractivity contribution is 0.0674. The van der Waals surface area contributed by atoms with Gasteiger partial charge in [-0.15, -0.1) is 0 Å². The number of aromatic carboxylic acids is 1. The van der Waals surface area contributed by atoms with Crippen LogP contribution in [0.3, 0.4) is 0 Å². The molecule has 0 bridgehead atoms. The van der Waals surface area contributed by atoms with Crippen molar-refractivity contribution in [1.29, 1.82) is 0 Å². The third kappa shape index (κ3) is 5.03. The maximum Gasteiger partial charge on any atom is 0.354 e. The summed E-state index contributed by atoms with van der Waals surface area (Å²) in [5.74, 6) is -0.638. The van der Waals surface area contributed by atoms with Gasteiger partial charge in [-0.1, -0.05) is 48.5 Å². The molecule has 1 atom stereocenters. The van der Waals surface area contributed by atoms with Crippen LogP contribution in [0.2, 0.25) is 0 Å². The molecule has 3 rings (SSSR count). The van der Waals surface area contributed by atoms with Crippen LogP contribution in [0.5, 0.6) is 5.75 Å². The molecule has 1 amide bonds. The van der Waals surface area contributed by atoms with Gasteiger partial charge in [0.05, 0.1) is 7.11 Å². The van der Waals surface area contributed by atoms with Crippen molar-refractivity contribution in [1.82, 2.24) is 9.88 Å². The molecule has 0 fully saturated rings. The third-order valence-electron chi connectivity index (χ3n) is 4.92. The summed E-state index contributed by atoms with van der Waals surface area (Å²) in [5, 5.41) is 9.23. The predicted molar refractivity (Wildman–Crippen MR) is 114 cm³/mol. The van der Waals surface area contributed by atoms with E-state index in [0.717, 1.165) is 16.9 Å². The van der Waals surface area contributed by atoms with Crippen molar-refractivity contribution in [3.63, 3.8) is 0 Å². The number of benzene rings is 2. The summed E-state index contributed by atoms with van der Waals surface area (Å²) in [6.45, 7) is 2.38. The van der Waals surface area contributed by atoms with Gasteiger partial charge in [0.1, 0.15) is 11.4 Å². The molecule has 3 aromatic rings. The van der Waals surface area contributed by atoms with Crippen molar-refractivity contribution in [3.8, 4) is 5.75 Å². The largest absolute Gasteiger partial charge is 0.496 e. The van der Waals surface area contributed by atoms with Gasteiger partial charge >= 0.3 is 5.97 Å². The fourth-order valence-corrected chi connectivity index (χ4v) is 3.35. The number of amides is 1. The van der Waals surface area contributed by atoms with Gasteiger partial charge in [0, 0.05) is 24.3 Å². The number of nitrogens with zero attached hydrogens (tertiary/aromatic N) is 2. The fourth-order valence-electron chi connectivity index (χ4n) is 3.35. The van der Waals surface area contributed by atoms with Crippen LogP contribution in [0.15, 0.2) is 72.9 Å². The molecule has 30 heavy (non-hydrogen) atoms. The molecule has 154 valence electrons. The normalized spacial score (nSPS) is 11.5. The van der Waals surface area contributed by atoms with Crippen LogP contribution in [-0.4, -0.2) is 40.0 Å². The van der Waals surface area contributed by atoms with E-state index in [4.69, 9.17) is 4.74 Å². The van der Waals surface area contributed by atoms with Crippen LogP contribution in [-0.2, 0) is 13.0 Å². The number of hydrogen-bond acceptors (Lipinski definition) is 4. The summed E-state index contributed by atoms with van der Waals surface area (Å²) in [6, 6.07) is 20.1. The van der Waals surface area contributed by atoms with Gasteiger partial charge in [-0.3, -0.25) is 4.79 Å². The Labute approximate surface area is 175 Å². The average Bonchev–Trinajstić information content (AvgIpc) is 2.78. The lowest BCUT2D eigenvalue weighted by atomic mass is 10.0. The van der Waals surface area contributed by atoms with E-state index in [-0.39, 0.29) is 17.6 Å². The Morgan fingerprint density at radius 2 is 1.77 bits per heavy atom. The number of para-hydroxylation sites is 1. The van der Waals surface area contributed by atoms with Gasteiger partial charge < -0.3 is 14.7 Å². The van der Waals surface area contributed by atoms with Crippen LogP contribution >= 0.6 is 0 Å². The average molecular weight is 404 g/mol. The topological polar surface area (TPSA) is 79.7 Å². The van der Waals surface area contributed by atoms with Crippen LogP contribution < -0.4 is 4.74 Å². The minimum Gasteiger partial charge on any atom is -0.496 e. The smallest absolute Gasteiger partial charge is 0.354 e. The van der Waals surface area contributed by atoms with E-state index in [1.165, 1.54) is 12.3 Å². The molecule has 0 aliphatic carbocycles. The first-order valence-electron chi connectivity index (χ1n) is 9.65. The molecule has 1 unspecified atom stereocenters. The summed E-state index contributed by atoms with van der Waals surface area (Å²) < 4.78 is 5.45. The van der Waals surface area contributed by atoms with Crippen LogP contribution in [0.4, 0.5) is 0 Å². The summed E-state index contributed by atoms with van der Waals surface area (Å²) >= 11 is 0. The molecule has 6 heteroatoms. The third-order valence-corrected chi connectivity index (χ3v) is 4.92. The monoisotopic (exact) mass is 404 g/mol. The highest BCUT2D eigenvalue weighted by Crippen LogP contribution is 2.23. The van der Waals surface area contributed by atoms with Gasteiger partial charge in [0.15, 0.2) is 0 Å². The molecule has 0 saturated heterocycles. The highest BCUT2D eigenvalue weighted by Gasteiger charge is 2.24. The standard InChI is InChI=1S/C24H24N2O4/c1-17(14-19-10-6-7-11-22(19)30-2)26(16-18-8-4-3-5-9-18)23(27)20-12-13-25-21(15-20)24(28)29/h3-13,15,17H,14,16H2,1-2H3,(H,28,29). The number of ether oxygens (including phenoxy) is 1. The lowest BCUT2D eigenvalue weighted by Crippen LogP contribution is -2.39. The van der Waals surface area contributed by atoms with Gasteiger partial charge in [-0.05, 0) is 42.7 Å². The first-order valence-corrected chi connectivity index (χ1v) is 9.65. The molecule has 0 spiro atoms. The van der Waals surface area contributed by atoms with Crippen LogP contribution in [0.25, 0.3) is 0 Å². The summed E-state index contributed by atoms with van der Waals surface area (Å²) in [5.41, 5.74) is 2.13. The second-order valence-corrected chi connectivity index (χ2v) is 7.02. The van der Waals surface area contributed by atoms with Gasteiger partial charge in [-0.2, -0.15) is 0 Å². The second kappa shape index (κ2) is 9.69. The minimum absolute atomic E-state index is 0.155. The molecule has 0 saturated carbocycles. The lowest BCUT2D eigenvalue weighted by Gasteiger charge is -2.30. The SMILES string of the molecule is COc1ccccc1CC(C)N(Cc1ccccc1)C(=O)c1ccnc(C(=O)O)c1. The van der Waals surface area contributed by atoms with Crippen molar-refractivity contribution in [3.05, 3.63) is 95.3 Å². The first-order chi connectivity index (χ1) is 14.5. The summed E-state index contributed by atoms with van der Waals surface area (Å²) in [6.07, 6.45) is 1.95. The maximum absolute atomic E-state index is 13.4. The van der Waals surface area contributed by atoms with E-state index in [1.54, 1.807) is 18.1 Å². The molecule has 0 aliphatic heterocycles. The van der Waals surface area contributed by atoms with E-state index < -0.39 is 5.97 Å². The molecule has 6 nitrogen and oxygen atoms in total. The van der Waals surface area contributed by atoms with E-state index in [9.17, 15) is 14.7 Å². The molecule has 0 radical (unpaired) electrons. The Balaban J connectivity index is 1.92.